The summed E-state index contributed by atoms with van der Waals surface area (Å²) < 4.78 is 5.30. The zero-order valence-electron chi connectivity index (χ0n) is 12.9. The van der Waals surface area contributed by atoms with Crippen LogP contribution in [0.3, 0.4) is 0 Å². The minimum Gasteiger partial charge on any atom is -0.478 e. The van der Waals surface area contributed by atoms with Gasteiger partial charge in [0.25, 0.3) is 5.88 Å². The van der Waals surface area contributed by atoms with Gasteiger partial charge in [-0.05, 0) is 35.9 Å². The van der Waals surface area contributed by atoms with E-state index in [0.29, 0.717) is 11.7 Å². The van der Waals surface area contributed by atoms with Gasteiger partial charge in [0.2, 0.25) is 0 Å². The number of nitrogens with zero attached hydrogens (tertiary/aromatic N) is 2. The van der Waals surface area contributed by atoms with E-state index in [-0.39, 0.29) is 0 Å². The number of aromatic nitrogens is 2. The Kier molecular flexibility index (Phi) is 4.38. The van der Waals surface area contributed by atoms with Gasteiger partial charge in [-0.25, -0.2) is 14.8 Å². The van der Waals surface area contributed by atoms with Gasteiger partial charge in [0.05, 0.1) is 18.1 Å². The van der Waals surface area contributed by atoms with Crippen LogP contribution in [0.4, 0.5) is 11.5 Å². The fourth-order valence-electron chi connectivity index (χ4n) is 2.19. The summed E-state index contributed by atoms with van der Waals surface area (Å²) in [4.78, 5) is 19.5. The maximum atomic E-state index is 10.5. The number of anilines is 2. The van der Waals surface area contributed by atoms with Gasteiger partial charge in [0, 0.05) is 11.8 Å². The average Bonchev–Trinajstić information content (AvgIpc) is 2.60. The fraction of sp³-hybridized carbons (Fsp3) is 0.0556. The maximum Gasteiger partial charge on any atom is 0.328 e. The lowest BCUT2D eigenvalue weighted by atomic mass is 10.2. The number of para-hydroxylation sites is 2. The smallest absolute Gasteiger partial charge is 0.328 e. The number of ether oxygens (including phenoxy) is 1. The highest BCUT2D eigenvalue weighted by molar-refractivity contribution is 5.85. The largest absolute Gasteiger partial charge is 0.478 e. The lowest BCUT2D eigenvalue weighted by Crippen LogP contribution is -2.00. The molecule has 0 aliphatic carbocycles. The molecule has 0 atom stereocenters. The molecule has 0 unspecified atom stereocenters. The van der Waals surface area contributed by atoms with E-state index in [4.69, 9.17) is 9.84 Å². The monoisotopic (exact) mass is 321 g/mol. The number of benzene rings is 2. The SMILES string of the molecule is COc1nc2ccccc2nc1Nc1ccc(/C=C/C(=O)O)cc1. The molecule has 1 heterocycles. The standard InChI is InChI=1S/C18H15N3O3/c1-24-18-17(20-14-4-2-3-5-15(14)21-18)19-13-9-6-12(7-10-13)8-11-16(22)23/h2-11H,1H3,(H,19,20)(H,22,23)/b11-8+. The van der Waals surface area contributed by atoms with E-state index < -0.39 is 5.97 Å². The summed E-state index contributed by atoms with van der Waals surface area (Å²) in [6, 6.07) is 14.8. The van der Waals surface area contributed by atoms with E-state index >= 15 is 0 Å². The minimum absolute atomic E-state index is 0.406. The van der Waals surface area contributed by atoms with Gasteiger partial charge in [-0.1, -0.05) is 24.3 Å². The van der Waals surface area contributed by atoms with Crippen molar-refractivity contribution in [3.8, 4) is 5.88 Å². The molecule has 3 aromatic rings. The van der Waals surface area contributed by atoms with Crippen LogP contribution in [-0.2, 0) is 4.79 Å². The Morgan fingerprint density at radius 2 is 1.75 bits per heavy atom. The molecule has 0 saturated heterocycles. The van der Waals surface area contributed by atoms with Gasteiger partial charge in [0.1, 0.15) is 0 Å². The van der Waals surface area contributed by atoms with Gasteiger partial charge >= 0.3 is 5.97 Å². The van der Waals surface area contributed by atoms with Crippen LogP contribution in [0, 0.1) is 0 Å². The van der Waals surface area contributed by atoms with Gasteiger partial charge < -0.3 is 15.2 Å². The molecule has 0 fully saturated rings. The van der Waals surface area contributed by atoms with Crippen molar-refractivity contribution in [3.63, 3.8) is 0 Å². The highest BCUT2D eigenvalue weighted by Gasteiger charge is 2.09. The summed E-state index contributed by atoms with van der Waals surface area (Å²) >= 11 is 0. The number of fused-ring (bicyclic) bond motifs is 1. The molecule has 0 saturated carbocycles. The van der Waals surface area contributed by atoms with Gasteiger partial charge in [-0.2, -0.15) is 0 Å². The van der Waals surface area contributed by atoms with E-state index in [1.165, 1.54) is 6.08 Å². The predicted molar refractivity (Wildman–Crippen MR) is 92.5 cm³/mol. The summed E-state index contributed by atoms with van der Waals surface area (Å²) in [5.41, 5.74) is 3.11. The van der Waals surface area contributed by atoms with Crippen LogP contribution in [0.25, 0.3) is 17.1 Å². The molecule has 0 aliphatic rings. The second-order valence-electron chi connectivity index (χ2n) is 4.99. The Hall–Kier alpha value is -3.41. The van der Waals surface area contributed by atoms with Crippen molar-refractivity contribution in [1.29, 1.82) is 0 Å². The molecule has 0 spiro atoms. The number of carboxylic acid groups (broad SMARTS) is 1. The Morgan fingerprint density at radius 3 is 2.38 bits per heavy atom. The molecule has 6 nitrogen and oxygen atoms in total. The summed E-state index contributed by atoms with van der Waals surface area (Å²) in [6.07, 6.45) is 2.63. The van der Waals surface area contributed by atoms with Crippen molar-refractivity contribution < 1.29 is 14.6 Å². The van der Waals surface area contributed by atoms with Gasteiger partial charge in [-0.3, -0.25) is 0 Å². The van der Waals surface area contributed by atoms with Crippen molar-refractivity contribution in [2.45, 2.75) is 0 Å². The van der Waals surface area contributed by atoms with E-state index in [1.54, 1.807) is 7.11 Å². The highest BCUT2D eigenvalue weighted by Crippen LogP contribution is 2.26. The molecule has 3 rings (SSSR count). The van der Waals surface area contributed by atoms with Crippen LogP contribution in [0.5, 0.6) is 5.88 Å². The third-order valence-electron chi connectivity index (χ3n) is 3.32. The fourth-order valence-corrected chi connectivity index (χ4v) is 2.19. The number of rotatable bonds is 5. The van der Waals surface area contributed by atoms with Gasteiger partial charge in [0.15, 0.2) is 5.82 Å². The second-order valence-corrected chi connectivity index (χ2v) is 4.99. The Labute approximate surface area is 138 Å². The summed E-state index contributed by atoms with van der Waals surface area (Å²) in [6.45, 7) is 0. The first-order valence-corrected chi connectivity index (χ1v) is 7.24. The van der Waals surface area contributed by atoms with Crippen LogP contribution in [-0.4, -0.2) is 28.2 Å². The van der Waals surface area contributed by atoms with E-state index in [2.05, 4.69) is 15.3 Å². The normalized spacial score (nSPS) is 10.9. The second kappa shape index (κ2) is 6.78. The Balaban J connectivity index is 1.87. The molecule has 24 heavy (non-hydrogen) atoms. The number of hydrogen-bond donors (Lipinski definition) is 2. The van der Waals surface area contributed by atoms with Crippen LogP contribution >= 0.6 is 0 Å². The van der Waals surface area contributed by atoms with E-state index in [0.717, 1.165) is 28.4 Å². The first kappa shape index (κ1) is 15.5. The molecule has 2 aromatic carbocycles. The molecule has 0 bridgehead atoms. The van der Waals surface area contributed by atoms with Gasteiger partial charge in [-0.15, -0.1) is 0 Å². The number of carbonyl (C=O) groups is 1. The van der Waals surface area contributed by atoms with Crippen molar-refractivity contribution in [2.24, 2.45) is 0 Å². The highest BCUT2D eigenvalue weighted by atomic mass is 16.5. The number of aliphatic carboxylic acids is 1. The summed E-state index contributed by atoms with van der Waals surface area (Å²) in [5.74, 6) is -0.0537. The average molecular weight is 321 g/mol. The molecule has 0 amide bonds. The molecule has 0 aliphatic heterocycles. The maximum absolute atomic E-state index is 10.5. The van der Waals surface area contributed by atoms with Crippen LogP contribution < -0.4 is 10.1 Å². The molecule has 0 radical (unpaired) electrons. The molecule has 6 heteroatoms. The van der Waals surface area contributed by atoms with E-state index in [1.807, 2.05) is 48.5 Å². The molecule has 1 aromatic heterocycles. The van der Waals surface area contributed by atoms with Crippen molar-refractivity contribution >= 4 is 34.6 Å². The predicted octanol–water partition coefficient (Wildman–Crippen LogP) is 3.48. The third-order valence-corrected chi connectivity index (χ3v) is 3.32. The number of carboxylic acids is 1. The number of hydrogen-bond acceptors (Lipinski definition) is 5. The van der Waals surface area contributed by atoms with Crippen molar-refractivity contribution in [3.05, 3.63) is 60.2 Å². The topological polar surface area (TPSA) is 84.3 Å². The van der Waals surface area contributed by atoms with E-state index in [9.17, 15) is 4.79 Å². The van der Waals surface area contributed by atoms with Crippen LogP contribution in [0.1, 0.15) is 5.56 Å². The number of methoxy groups -OCH3 is 1. The molecular formula is C18H15N3O3. The Morgan fingerprint density at radius 1 is 1.08 bits per heavy atom. The third kappa shape index (κ3) is 3.49. The van der Waals surface area contributed by atoms with Crippen molar-refractivity contribution in [2.75, 3.05) is 12.4 Å². The zero-order chi connectivity index (χ0) is 16.9. The first-order chi connectivity index (χ1) is 11.7. The quantitative estimate of drug-likeness (QED) is 0.700. The molecule has 2 N–H and O–H groups in total. The zero-order valence-corrected chi connectivity index (χ0v) is 12.9. The first-order valence-electron chi connectivity index (χ1n) is 7.24. The van der Waals surface area contributed by atoms with Crippen molar-refractivity contribution in [1.82, 2.24) is 9.97 Å². The number of nitrogens with one attached hydrogen (secondary N) is 1. The summed E-state index contributed by atoms with van der Waals surface area (Å²) in [7, 11) is 1.55. The summed E-state index contributed by atoms with van der Waals surface area (Å²) in [5, 5.41) is 11.8. The van der Waals surface area contributed by atoms with Crippen LogP contribution in [0.2, 0.25) is 0 Å². The van der Waals surface area contributed by atoms with Crippen LogP contribution in [0.15, 0.2) is 54.6 Å². The lowest BCUT2D eigenvalue weighted by Gasteiger charge is -2.10. The minimum atomic E-state index is -0.978. The Bertz CT molecular complexity index is 905. The molecular weight excluding hydrogens is 306 g/mol. The lowest BCUT2D eigenvalue weighted by molar-refractivity contribution is -0.131. The molecule has 120 valence electrons.